The van der Waals surface area contributed by atoms with E-state index >= 15 is 0 Å². The Hall–Kier alpha value is -3.41. The van der Waals surface area contributed by atoms with Crippen molar-refractivity contribution in [2.24, 2.45) is 0 Å². The van der Waals surface area contributed by atoms with E-state index in [0.29, 0.717) is 24.9 Å². The maximum atomic E-state index is 12.3. The van der Waals surface area contributed by atoms with Crippen LogP contribution in [0.5, 0.6) is 0 Å². The van der Waals surface area contributed by atoms with E-state index in [9.17, 15) is 9.59 Å². The molecule has 0 saturated carbocycles. The molecule has 1 aromatic heterocycles. The van der Waals surface area contributed by atoms with Crippen molar-refractivity contribution in [2.45, 2.75) is 32.7 Å². The quantitative estimate of drug-likeness (QED) is 0.578. The Morgan fingerprint density at radius 3 is 2.38 bits per heavy atom. The van der Waals surface area contributed by atoms with Gasteiger partial charge in [-0.05, 0) is 44.5 Å². The van der Waals surface area contributed by atoms with Crippen LogP contribution in [-0.4, -0.2) is 28.1 Å². The van der Waals surface area contributed by atoms with Gasteiger partial charge in [0.2, 0.25) is 5.91 Å². The van der Waals surface area contributed by atoms with Gasteiger partial charge in [0.25, 0.3) is 5.91 Å². The molecule has 3 aromatic rings. The molecular weight excluding hydrogens is 364 g/mol. The molecule has 29 heavy (non-hydrogen) atoms. The molecule has 3 rings (SSSR count). The number of carbonyl (C=O) groups excluding carboxylic acids is 2. The van der Waals surface area contributed by atoms with E-state index < -0.39 is 0 Å². The van der Waals surface area contributed by atoms with Gasteiger partial charge in [0, 0.05) is 29.8 Å². The summed E-state index contributed by atoms with van der Waals surface area (Å²) >= 11 is 0. The second-order valence-corrected chi connectivity index (χ2v) is 6.95. The molecule has 1 atom stereocenters. The van der Waals surface area contributed by atoms with E-state index in [-0.39, 0.29) is 17.9 Å². The van der Waals surface area contributed by atoms with Crippen LogP contribution >= 0.6 is 0 Å². The minimum Gasteiger partial charge on any atom is -0.352 e. The zero-order valence-electron chi connectivity index (χ0n) is 16.8. The fourth-order valence-corrected chi connectivity index (χ4v) is 3.21. The minimum atomic E-state index is -0.140. The molecular formula is C23H26N4O2. The Bertz CT molecular complexity index is 952. The van der Waals surface area contributed by atoms with Crippen molar-refractivity contribution in [2.75, 3.05) is 6.54 Å². The summed E-state index contributed by atoms with van der Waals surface area (Å²) in [7, 11) is 0. The Morgan fingerprint density at radius 2 is 1.69 bits per heavy atom. The minimum absolute atomic E-state index is 0.0432. The van der Waals surface area contributed by atoms with E-state index in [0.717, 1.165) is 16.9 Å². The highest BCUT2D eigenvalue weighted by atomic mass is 16.2. The number of amides is 2. The fourth-order valence-electron chi connectivity index (χ4n) is 3.21. The molecule has 2 N–H and O–H groups in total. The van der Waals surface area contributed by atoms with Gasteiger partial charge in [-0.25, -0.2) is 4.68 Å². The first-order valence-corrected chi connectivity index (χ1v) is 9.79. The highest BCUT2D eigenvalue weighted by Crippen LogP contribution is 2.20. The molecule has 6 heteroatoms. The van der Waals surface area contributed by atoms with Crippen molar-refractivity contribution in [3.63, 3.8) is 0 Å². The van der Waals surface area contributed by atoms with Crippen LogP contribution < -0.4 is 10.6 Å². The van der Waals surface area contributed by atoms with Crippen molar-refractivity contribution in [3.8, 4) is 5.69 Å². The molecule has 0 aliphatic carbocycles. The van der Waals surface area contributed by atoms with Crippen LogP contribution in [0, 0.1) is 6.92 Å². The first-order valence-electron chi connectivity index (χ1n) is 9.79. The van der Waals surface area contributed by atoms with E-state index in [1.807, 2.05) is 67.1 Å². The van der Waals surface area contributed by atoms with Crippen LogP contribution in [0.2, 0.25) is 0 Å². The number of carbonyl (C=O) groups is 2. The van der Waals surface area contributed by atoms with Crippen molar-refractivity contribution < 1.29 is 9.59 Å². The van der Waals surface area contributed by atoms with E-state index in [1.54, 1.807) is 18.3 Å². The predicted molar refractivity (Wildman–Crippen MR) is 113 cm³/mol. The Labute approximate surface area is 170 Å². The van der Waals surface area contributed by atoms with Crippen LogP contribution in [0.15, 0.2) is 66.9 Å². The zero-order valence-corrected chi connectivity index (χ0v) is 16.8. The number of benzene rings is 2. The lowest BCUT2D eigenvalue weighted by Crippen LogP contribution is -2.29. The monoisotopic (exact) mass is 390 g/mol. The Morgan fingerprint density at radius 1 is 1.03 bits per heavy atom. The fraction of sp³-hybridized carbons (Fsp3) is 0.261. The lowest BCUT2D eigenvalue weighted by molar-refractivity contribution is -0.121. The second-order valence-electron chi connectivity index (χ2n) is 6.95. The van der Waals surface area contributed by atoms with Crippen LogP contribution in [0.4, 0.5) is 0 Å². The maximum Gasteiger partial charge on any atom is 0.251 e. The van der Waals surface area contributed by atoms with E-state index in [2.05, 4.69) is 15.7 Å². The first kappa shape index (κ1) is 20.3. The van der Waals surface area contributed by atoms with E-state index in [1.165, 1.54) is 0 Å². The summed E-state index contributed by atoms with van der Waals surface area (Å²) in [6.45, 7) is 4.41. The number of aromatic nitrogens is 2. The van der Waals surface area contributed by atoms with Crippen molar-refractivity contribution in [3.05, 3.63) is 83.7 Å². The molecule has 1 unspecified atom stereocenters. The molecule has 0 fully saturated rings. The van der Waals surface area contributed by atoms with Gasteiger partial charge in [0.1, 0.15) is 0 Å². The summed E-state index contributed by atoms with van der Waals surface area (Å²) < 4.78 is 1.87. The van der Waals surface area contributed by atoms with Gasteiger partial charge in [-0.3, -0.25) is 9.59 Å². The first-order chi connectivity index (χ1) is 14.1. The molecule has 2 aromatic carbocycles. The summed E-state index contributed by atoms with van der Waals surface area (Å²) in [5.41, 5.74) is 3.60. The number of nitrogens with one attached hydrogen (secondary N) is 2. The smallest absolute Gasteiger partial charge is 0.251 e. The highest BCUT2D eigenvalue weighted by Gasteiger charge is 2.16. The highest BCUT2D eigenvalue weighted by molar-refractivity contribution is 5.94. The van der Waals surface area contributed by atoms with Crippen LogP contribution in [0.3, 0.4) is 0 Å². The lowest BCUT2D eigenvalue weighted by atomic mass is 10.1. The van der Waals surface area contributed by atoms with Gasteiger partial charge < -0.3 is 10.6 Å². The largest absolute Gasteiger partial charge is 0.352 e. The van der Waals surface area contributed by atoms with Gasteiger partial charge in [-0.1, -0.05) is 36.4 Å². The average molecular weight is 390 g/mol. The van der Waals surface area contributed by atoms with Gasteiger partial charge in [0.05, 0.1) is 17.9 Å². The topological polar surface area (TPSA) is 76.0 Å². The number of nitrogens with zero attached hydrogens (tertiary/aromatic N) is 2. The maximum absolute atomic E-state index is 12.3. The van der Waals surface area contributed by atoms with Crippen LogP contribution in [-0.2, 0) is 4.79 Å². The molecule has 1 heterocycles. The molecule has 0 radical (unpaired) electrons. The Balaban J connectivity index is 1.46. The molecule has 0 spiro atoms. The SMILES string of the molecule is Cc1c(C(C)NC(=O)CCCNC(=O)c2ccccc2)cnn1-c1ccccc1. The summed E-state index contributed by atoms with van der Waals surface area (Å²) in [6, 6.07) is 18.8. The van der Waals surface area contributed by atoms with Crippen LogP contribution in [0.25, 0.3) is 5.69 Å². The zero-order chi connectivity index (χ0) is 20.6. The third-order valence-corrected chi connectivity index (χ3v) is 4.79. The molecule has 0 bridgehead atoms. The molecule has 150 valence electrons. The van der Waals surface area contributed by atoms with Crippen molar-refractivity contribution in [1.29, 1.82) is 0 Å². The van der Waals surface area contributed by atoms with E-state index in [4.69, 9.17) is 0 Å². The third kappa shape index (κ3) is 5.31. The summed E-state index contributed by atoms with van der Waals surface area (Å²) in [4.78, 5) is 24.3. The van der Waals surface area contributed by atoms with Crippen LogP contribution in [0.1, 0.15) is 47.4 Å². The summed E-state index contributed by atoms with van der Waals surface area (Å²) in [5.74, 6) is -0.165. The van der Waals surface area contributed by atoms with Crippen molar-refractivity contribution >= 4 is 11.8 Å². The molecule has 0 aliphatic heterocycles. The van der Waals surface area contributed by atoms with Gasteiger partial charge in [-0.2, -0.15) is 5.10 Å². The standard InChI is InChI=1S/C23H26N4O2/c1-17(21-16-25-27(18(21)2)20-12-7-4-8-13-20)26-22(28)14-9-15-24-23(29)19-10-5-3-6-11-19/h3-8,10-13,16-17H,9,14-15H2,1-2H3,(H,24,29)(H,26,28). The summed E-state index contributed by atoms with van der Waals surface area (Å²) in [6.07, 6.45) is 2.73. The number of rotatable bonds is 8. The second kappa shape index (κ2) is 9.68. The van der Waals surface area contributed by atoms with Gasteiger partial charge in [0.15, 0.2) is 0 Å². The van der Waals surface area contributed by atoms with Crippen molar-refractivity contribution in [1.82, 2.24) is 20.4 Å². The molecule has 0 aliphatic rings. The number of hydrogen-bond donors (Lipinski definition) is 2. The van der Waals surface area contributed by atoms with Gasteiger partial charge in [-0.15, -0.1) is 0 Å². The molecule has 6 nitrogen and oxygen atoms in total. The number of hydrogen-bond acceptors (Lipinski definition) is 3. The number of para-hydroxylation sites is 1. The normalized spacial score (nSPS) is 11.7. The average Bonchev–Trinajstić information content (AvgIpc) is 3.13. The molecule has 0 saturated heterocycles. The third-order valence-electron chi connectivity index (χ3n) is 4.79. The lowest BCUT2D eigenvalue weighted by Gasteiger charge is -2.14. The van der Waals surface area contributed by atoms with Gasteiger partial charge >= 0.3 is 0 Å². The predicted octanol–water partition coefficient (Wildman–Crippen LogP) is 3.57. The molecule has 2 amide bonds. The Kier molecular flexibility index (Phi) is 6.79. The summed E-state index contributed by atoms with van der Waals surface area (Å²) in [5, 5.41) is 10.3.